The van der Waals surface area contributed by atoms with E-state index in [0.717, 1.165) is 6.42 Å². The number of carbonyl (C=O) groups is 1. The first-order valence-electron chi connectivity index (χ1n) is 6.39. The minimum atomic E-state index is -0.208. The second kappa shape index (κ2) is 6.99. The van der Waals surface area contributed by atoms with Crippen LogP contribution in [0.1, 0.15) is 30.6 Å². The highest BCUT2D eigenvalue weighted by atomic mass is 16.5. The summed E-state index contributed by atoms with van der Waals surface area (Å²) in [4.78, 5) is 14.1. The van der Waals surface area contributed by atoms with E-state index >= 15 is 0 Å². The largest absolute Gasteiger partial charge is 0.507 e. The Kier molecular flexibility index (Phi) is 5.63. The highest BCUT2D eigenvalue weighted by Gasteiger charge is 2.21. The maximum atomic E-state index is 12.5. The van der Waals surface area contributed by atoms with Crippen molar-refractivity contribution in [2.75, 3.05) is 20.2 Å². The smallest absolute Gasteiger partial charge is 0.257 e. The topological polar surface area (TPSA) is 75.8 Å². The first kappa shape index (κ1) is 15.3. The van der Waals surface area contributed by atoms with Crippen LogP contribution in [0.25, 0.3) is 0 Å². The monoisotopic (exact) mass is 266 g/mol. The van der Waals surface area contributed by atoms with E-state index < -0.39 is 0 Å². The van der Waals surface area contributed by atoms with Crippen molar-refractivity contribution in [3.05, 3.63) is 23.8 Å². The molecule has 5 nitrogen and oxygen atoms in total. The number of rotatable bonds is 6. The fraction of sp³-hybridized carbons (Fsp3) is 0.500. The molecule has 0 saturated carbocycles. The van der Waals surface area contributed by atoms with Crippen LogP contribution in [0.2, 0.25) is 0 Å². The van der Waals surface area contributed by atoms with Crippen molar-refractivity contribution >= 4 is 5.91 Å². The molecule has 0 fully saturated rings. The number of carbonyl (C=O) groups excluding carboxylic acids is 1. The average Bonchev–Trinajstić information content (AvgIpc) is 2.39. The number of nitrogens with two attached hydrogens (primary N) is 1. The van der Waals surface area contributed by atoms with Gasteiger partial charge < -0.3 is 20.5 Å². The number of amides is 1. The van der Waals surface area contributed by atoms with Crippen LogP contribution in [0.5, 0.6) is 11.5 Å². The van der Waals surface area contributed by atoms with E-state index in [0.29, 0.717) is 18.8 Å². The van der Waals surface area contributed by atoms with E-state index in [1.54, 1.807) is 17.0 Å². The van der Waals surface area contributed by atoms with E-state index in [2.05, 4.69) is 0 Å². The van der Waals surface area contributed by atoms with E-state index in [9.17, 15) is 9.90 Å². The summed E-state index contributed by atoms with van der Waals surface area (Å²) in [6, 6.07) is 4.68. The number of hydrogen-bond donors (Lipinski definition) is 2. The molecule has 0 aliphatic carbocycles. The van der Waals surface area contributed by atoms with Crippen LogP contribution in [0.3, 0.4) is 0 Å². The summed E-state index contributed by atoms with van der Waals surface area (Å²) in [6.45, 7) is 4.97. The van der Waals surface area contributed by atoms with Crippen molar-refractivity contribution in [3.63, 3.8) is 0 Å². The number of hydrogen-bond acceptors (Lipinski definition) is 4. The molecule has 0 aliphatic rings. The van der Waals surface area contributed by atoms with Crippen LogP contribution >= 0.6 is 0 Å². The van der Waals surface area contributed by atoms with Crippen LogP contribution in [-0.2, 0) is 0 Å². The summed E-state index contributed by atoms with van der Waals surface area (Å²) >= 11 is 0. The molecule has 0 unspecified atom stereocenters. The zero-order valence-corrected chi connectivity index (χ0v) is 11.7. The van der Waals surface area contributed by atoms with Gasteiger partial charge in [0, 0.05) is 12.6 Å². The van der Waals surface area contributed by atoms with Crippen molar-refractivity contribution < 1.29 is 14.6 Å². The Labute approximate surface area is 114 Å². The number of phenolic OH excluding ortho intramolecular Hbond substituents is 1. The lowest BCUT2D eigenvalue weighted by molar-refractivity contribution is 0.0701. The lowest BCUT2D eigenvalue weighted by Crippen LogP contribution is -2.38. The van der Waals surface area contributed by atoms with Crippen molar-refractivity contribution in [2.24, 2.45) is 5.73 Å². The van der Waals surface area contributed by atoms with Gasteiger partial charge in [-0.2, -0.15) is 0 Å². The quantitative estimate of drug-likeness (QED) is 0.820. The fourth-order valence-corrected chi connectivity index (χ4v) is 1.82. The summed E-state index contributed by atoms with van der Waals surface area (Å²) in [7, 11) is 1.52. The van der Waals surface area contributed by atoms with Gasteiger partial charge in [-0.1, -0.05) is 0 Å². The van der Waals surface area contributed by atoms with Gasteiger partial charge in [0.1, 0.15) is 11.5 Å². The van der Waals surface area contributed by atoms with Gasteiger partial charge in [-0.25, -0.2) is 0 Å². The highest BCUT2D eigenvalue weighted by Crippen LogP contribution is 2.24. The standard InChI is InChI=1S/C14H22N2O3/c1-10(2)16(8-4-7-15)14(18)12-9-11(19-3)5-6-13(12)17/h5-6,9-10,17H,4,7-8,15H2,1-3H3. The number of nitrogens with zero attached hydrogens (tertiary/aromatic N) is 1. The van der Waals surface area contributed by atoms with Gasteiger partial charge in [-0.05, 0) is 45.0 Å². The molecule has 0 saturated heterocycles. The van der Waals surface area contributed by atoms with E-state index in [4.69, 9.17) is 10.5 Å². The molecule has 0 radical (unpaired) electrons. The molecule has 106 valence electrons. The summed E-state index contributed by atoms with van der Waals surface area (Å²) in [5, 5.41) is 9.83. The average molecular weight is 266 g/mol. The second-order valence-electron chi connectivity index (χ2n) is 4.62. The predicted octanol–water partition coefficient (Wildman–Crippen LogP) is 1.60. The summed E-state index contributed by atoms with van der Waals surface area (Å²) < 4.78 is 5.08. The van der Waals surface area contributed by atoms with Crippen molar-refractivity contribution in [1.29, 1.82) is 0 Å². The number of phenols is 1. The molecule has 5 heteroatoms. The minimum absolute atomic E-state index is 0.0378. The van der Waals surface area contributed by atoms with E-state index in [1.807, 2.05) is 13.8 Å². The third-order valence-electron chi connectivity index (χ3n) is 2.92. The third-order valence-corrected chi connectivity index (χ3v) is 2.92. The molecule has 19 heavy (non-hydrogen) atoms. The number of methoxy groups -OCH3 is 1. The van der Waals surface area contributed by atoms with Gasteiger partial charge in [-0.15, -0.1) is 0 Å². The van der Waals surface area contributed by atoms with Crippen LogP contribution in [0.4, 0.5) is 0 Å². The first-order valence-corrected chi connectivity index (χ1v) is 6.39. The molecule has 0 heterocycles. The van der Waals surface area contributed by atoms with Gasteiger partial charge in [0.2, 0.25) is 0 Å². The Bertz CT molecular complexity index is 433. The molecule has 0 aromatic heterocycles. The molecule has 0 aliphatic heterocycles. The lowest BCUT2D eigenvalue weighted by atomic mass is 10.1. The van der Waals surface area contributed by atoms with Crippen molar-refractivity contribution in [3.8, 4) is 11.5 Å². The zero-order chi connectivity index (χ0) is 14.4. The zero-order valence-electron chi connectivity index (χ0n) is 11.7. The first-order chi connectivity index (χ1) is 9.01. The number of aromatic hydroxyl groups is 1. The highest BCUT2D eigenvalue weighted by molar-refractivity contribution is 5.97. The Morgan fingerprint density at radius 1 is 1.47 bits per heavy atom. The molecule has 3 N–H and O–H groups in total. The predicted molar refractivity (Wildman–Crippen MR) is 74.5 cm³/mol. The molecule has 1 amide bonds. The normalized spacial score (nSPS) is 10.6. The number of benzene rings is 1. The lowest BCUT2D eigenvalue weighted by Gasteiger charge is -2.27. The van der Waals surface area contributed by atoms with Crippen molar-refractivity contribution in [1.82, 2.24) is 4.90 Å². The summed E-state index contributed by atoms with van der Waals surface area (Å²) in [6.07, 6.45) is 0.731. The van der Waals surface area contributed by atoms with Crippen molar-refractivity contribution in [2.45, 2.75) is 26.3 Å². The maximum Gasteiger partial charge on any atom is 0.257 e. The van der Waals surface area contributed by atoms with E-state index in [-0.39, 0.29) is 23.3 Å². The van der Waals surface area contributed by atoms with Gasteiger partial charge in [-0.3, -0.25) is 4.79 Å². The third kappa shape index (κ3) is 3.86. The van der Waals surface area contributed by atoms with Gasteiger partial charge in [0.05, 0.1) is 12.7 Å². The molecule has 0 atom stereocenters. The molecular formula is C14H22N2O3. The van der Waals surface area contributed by atoms with E-state index in [1.165, 1.54) is 13.2 Å². The molecule has 1 aromatic carbocycles. The Balaban J connectivity index is 3.01. The molecule has 1 aromatic rings. The minimum Gasteiger partial charge on any atom is -0.507 e. The maximum absolute atomic E-state index is 12.5. The molecule has 0 spiro atoms. The Morgan fingerprint density at radius 3 is 2.68 bits per heavy atom. The second-order valence-corrected chi connectivity index (χ2v) is 4.62. The van der Waals surface area contributed by atoms with Gasteiger partial charge in [0.25, 0.3) is 5.91 Å². The molecular weight excluding hydrogens is 244 g/mol. The SMILES string of the molecule is COc1ccc(O)c(C(=O)N(CCCN)C(C)C)c1. The van der Waals surface area contributed by atoms with Gasteiger partial charge in [0.15, 0.2) is 0 Å². The van der Waals surface area contributed by atoms with Crippen LogP contribution in [0.15, 0.2) is 18.2 Å². The van der Waals surface area contributed by atoms with Crippen LogP contribution < -0.4 is 10.5 Å². The fourth-order valence-electron chi connectivity index (χ4n) is 1.82. The van der Waals surface area contributed by atoms with Crippen LogP contribution in [-0.4, -0.2) is 42.2 Å². The Morgan fingerprint density at radius 2 is 2.16 bits per heavy atom. The van der Waals surface area contributed by atoms with Gasteiger partial charge >= 0.3 is 0 Å². The summed E-state index contributed by atoms with van der Waals surface area (Å²) in [5.74, 6) is 0.299. The molecule has 1 rings (SSSR count). The van der Waals surface area contributed by atoms with Crippen LogP contribution in [0, 0.1) is 0 Å². The number of ether oxygens (including phenoxy) is 1. The molecule has 0 bridgehead atoms. The Hall–Kier alpha value is -1.75. The summed E-state index contributed by atoms with van der Waals surface area (Å²) in [5.41, 5.74) is 5.74.